The molecule has 0 bridgehead atoms. The molecule has 0 unspecified atom stereocenters. The Morgan fingerprint density at radius 3 is 2.55 bits per heavy atom. The van der Waals surface area contributed by atoms with Crippen LogP contribution in [0, 0.1) is 13.8 Å². The smallest absolute Gasteiger partial charge is 0.289 e. The standard InChI is InChI=1S/C22H29N5O2/c1-15-7-6-8-17(16(15)2)23-21(28)19-18-9-4-5-10-27(18)20(24-19)22(29)26-13-11-25(3)12-14-26/h6-8H,4-5,9-14H2,1-3H3,(H,23,28). The molecule has 4 rings (SSSR count). The number of amides is 2. The number of nitrogens with one attached hydrogen (secondary N) is 1. The Morgan fingerprint density at radius 2 is 1.79 bits per heavy atom. The second kappa shape index (κ2) is 7.99. The summed E-state index contributed by atoms with van der Waals surface area (Å²) < 4.78 is 1.97. The van der Waals surface area contributed by atoms with Crippen molar-refractivity contribution in [2.45, 2.75) is 39.7 Å². The van der Waals surface area contributed by atoms with E-state index in [1.165, 1.54) is 0 Å². The first kappa shape index (κ1) is 19.6. The van der Waals surface area contributed by atoms with Gasteiger partial charge in [0.05, 0.1) is 5.69 Å². The lowest BCUT2D eigenvalue weighted by Crippen LogP contribution is -2.47. The summed E-state index contributed by atoms with van der Waals surface area (Å²) in [5.41, 5.74) is 4.24. The average Bonchev–Trinajstić information content (AvgIpc) is 3.11. The van der Waals surface area contributed by atoms with Gasteiger partial charge in [-0.05, 0) is 57.4 Å². The number of fused-ring (bicyclic) bond motifs is 1. The van der Waals surface area contributed by atoms with E-state index in [-0.39, 0.29) is 11.8 Å². The Balaban J connectivity index is 1.63. The van der Waals surface area contributed by atoms with Gasteiger partial charge in [0.15, 0.2) is 11.5 Å². The van der Waals surface area contributed by atoms with E-state index in [1.54, 1.807) is 0 Å². The third-order valence-electron chi connectivity index (χ3n) is 6.17. The number of benzene rings is 1. The van der Waals surface area contributed by atoms with Gasteiger partial charge in [-0.25, -0.2) is 4.98 Å². The van der Waals surface area contributed by atoms with Gasteiger partial charge in [0.2, 0.25) is 0 Å². The van der Waals surface area contributed by atoms with Gasteiger partial charge < -0.3 is 19.7 Å². The van der Waals surface area contributed by atoms with Crippen LogP contribution in [0.4, 0.5) is 5.69 Å². The fourth-order valence-electron chi connectivity index (χ4n) is 4.11. The Kier molecular flexibility index (Phi) is 5.41. The molecule has 1 aromatic carbocycles. The molecule has 154 valence electrons. The number of aryl methyl sites for hydroxylation is 1. The molecule has 2 aliphatic heterocycles. The molecule has 1 aromatic heterocycles. The molecule has 2 amide bonds. The number of imidazole rings is 1. The predicted molar refractivity (Wildman–Crippen MR) is 112 cm³/mol. The summed E-state index contributed by atoms with van der Waals surface area (Å²) in [5, 5.41) is 3.01. The van der Waals surface area contributed by atoms with Crippen molar-refractivity contribution < 1.29 is 9.59 Å². The van der Waals surface area contributed by atoms with Gasteiger partial charge in [-0.15, -0.1) is 0 Å². The normalized spacial score (nSPS) is 17.1. The Morgan fingerprint density at radius 1 is 1.03 bits per heavy atom. The minimum Gasteiger partial charge on any atom is -0.333 e. The molecule has 3 heterocycles. The molecular formula is C22H29N5O2. The molecule has 7 nitrogen and oxygen atoms in total. The van der Waals surface area contributed by atoms with E-state index in [9.17, 15) is 9.59 Å². The summed E-state index contributed by atoms with van der Waals surface area (Å²) in [6.45, 7) is 7.88. The number of aromatic nitrogens is 2. The van der Waals surface area contributed by atoms with Crippen LogP contribution in [0.2, 0.25) is 0 Å². The first-order chi connectivity index (χ1) is 14.0. The lowest BCUT2D eigenvalue weighted by atomic mass is 10.1. The molecule has 2 aromatic rings. The largest absolute Gasteiger partial charge is 0.333 e. The SMILES string of the molecule is Cc1cccc(NC(=O)c2nc(C(=O)N3CCN(C)CC3)n3c2CCCC3)c1C. The van der Waals surface area contributed by atoms with Crippen molar-refractivity contribution in [3.63, 3.8) is 0 Å². The minimum absolute atomic E-state index is 0.0629. The number of hydrogen-bond donors (Lipinski definition) is 1. The first-order valence-corrected chi connectivity index (χ1v) is 10.4. The van der Waals surface area contributed by atoms with E-state index < -0.39 is 0 Å². The van der Waals surface area contributed by atoms with Gasteiger partial charge >= 0.3 is 0 Å². The molecule has 0 radical (unpaired) electrons. The van der Waals surface area contributed by atoms with E-state index >= 15 is 0 Å². The molecule has 1 N–H and O–H groups in total. The fraction of sp³-hybridized carbons (Fsp3) is 0.500. The summed E-state index contributed by atoms with van der Waals surface area (Å²) in [7, 11) is 2.06. The summed E-state index contributed by atoms with van der Waals surface area (Å²) in [5.74, 6) is 0.115. The van der Waals surface area contributed by atoms with Gasteiger partial charge in [0, 0.05) is 38.4 Å². The highest BCUT2D eigenvalue weighted by Gasteiger charge is 2.31. The highest BCUT2D eigenvalue weighted by molar-refractivity contribution is 6.05. The molecule has 0 saturated carbocycles. The van der Waals surface area contributed by atoms with Crippen molar-refractivity contribution in [3.8, 4) is 0 Å². The van der Waals surface area contributed by atoms with Crippen molar-refractivity contribution in [3.05, 3.63) is 46.5 Å². The maximum Gasteiger partial charge on any atom is 0.289 e. The Labute approximate surface area is 171 Å². The van der Waals surface area contributed by atoms with Crippen LogP contribution in [0.15, 0.2) is 18.2 Å². The highest BCUT2D eigenvalue weighted by Crippen LogP contribution is 2.24. The highest BCUT2D eigenvalue weighted by atomic mass is 16.2. The quantitative estimate of drug-likeness (QED) is 0.867. The van der Waals surface area contributed by atoms with Gasteiger partial charge in [-0.3, -0.25) is 9.59 Å². The van der Waals surface area contributed by atoms with Gasteiger partial charge in [-0.1, -0.05) is 12.1 Å². The average molecular weight is 396 g/mol. The second-order valence-corrected chi connectivity index (χ2v) is 8.14. The molecule has 0 atom stereocenters. The van der Waals surface area contributed by atoms with Crippen molar-refractivity contribution in [1.29, 1.82) is 0 Å². The molecule has 0 spiro atoms. The Hall–Kier alpha value is -2.67. The van der Waals surface area contributed by atoms with Gasteiger partial charge in [0.25, 0.3) is 11.8 Å². The maximum absolute atomic E-state index is 13.2. The molecule has 0 aliphatic carbocycles. The van der Waals surface area contributed by atoms with Crippen LogP contribution in [-0.4, -0.2) is 64.4 Å². The number of piperazine rings is 1. The zero-order valence-electron chi connectivity index (χ0n) is 17.5. The van der Waals surface area contributed by atoms with Crippen molar-refractivity contribution >= 4 is 17.5 Å². The number of anilines is 1. The molecular weight excluding hydrogens is 366 g/mol. The van der Waals surface area contributed by atoms with Crippen LogP contribution in [0.3, 0.4) is 0 Å². The summed E-state index contributed by atoms with van der Waals surface area (Å²) in [6, 6.07) is 5.86. The number of nitrogens with zero attached hydrogens (tertiary/aromatic N) is 4. The Bertz CT molecular complexity index is 941. The van der Waals surface area contributed by atoms with Crippen LogP contribution in [-0.2, 0) is 13.0 Å². The van der Waals surface area contributed by atoms with E-state index in [0.29, 0.717) is 24.6 Å². The van der Waals surface area contributed by atoms with E-state index in [1.807, 2.05) is 41.5 Å². The number of rotatable bonds is 3. The van der Waals surface area contributed by atoms with Gasteiger partial charge in [-0.2, -0.15) is 0 Å². The van der Waals surface area contributed by atoms with E-state index in [2.05, 4.69) is 22.2 Å². The fourth-order valence-corrected chi connectivity index (χ4v) is 4.11. The topological polar surface area (TPSA) is 70.5 Å². The van der Waals surface area contributed by atoms with Crippen LogP contribution < -0.4 is 5.32 Å². The van der Waals surface area contributed by atoms with Crippen LogP contribution in [0.5, 0.6) is 0 Å². The lowest BCUT2D eigenvalue weighted by Gasteiger charge is -2.32. The number of carbonyl (C=O) groups excluding carboxylic acids is 2. The van der Waals surface area contributed by atoms with Crippen molar-refractivity contribution in [2.75, 3.05) is 38.5 Å². The molecule has 7 heteroatoms. The zero-order chi connectivity index (χ0) is 20.5. The zero-order valence-corrected chi connectivity index (χ0v) is 17.5. The number of hydrogen-bond acceptors (Lipinski definition) is 4. The molecule has 2 aliphatic rings. The van der Waals surface area contributed by atoms with Crippen LogP contribution in [0.25, 0.3) is 0 Å². The van der Waals surface area contributed by atoms with Crippen molar-refractivity contribution in [1.82, 2.24) is 19.4 Å². The third kappa shape index (κ3) is 3.79. The predicted octanol–water partition coefficient (Wildman–Crippen LogP) is 2.48. The first-order valence-electron chi connectivity index (χ1n) is 10.4. The monoisotopic (exact) mass is 395 g/mol. The van der Waals surface area contributed by atoms with E-state index in [0.717, 1.165) is 61.4 Å². The van der Waals surface area contributed by atoms with Crippen LogP contribution >= 0.6 is 0 Å². The summed E-state index contributed by atoms with van der Waals surface area (Å²) >= 11 is 0. The number of carbonyl (C=O) groups is 2. The molecule has 1 saturated heterocycles. The van der Waals surface area contributed by atoms with Crippen molar-refractivity contribution in [2.24, 2.45) is 0 Å². The van der Waals surface area contributed by atoms with Crippen LogP contribution in [0.1, 0.15) is 50.8 Å². The maximum atomic E-state index is 13.2. The van der Waals surface area contributed by atoms with Gasteiger partial charge in [0.1, 0.15) is 0 Å². The number of likely N-dealkylation sites (N-methyl/N-ethyl adjacent to an activating group) is 1. The lowest BCUT2D eigenvalue weighted by molar-refractivity contribution is 0.0645. The van der Waals surface area contributed by atoms with E-state index in [4.69, 9.17) is 0 Å². The molecule has 29 heavy (non-hydrogen) atoms. The third-order valence-corrected chi connectivity index (χ3v) is 6.17. The summed E-state index contributed by atoms with van der Waals surface area (Å²) in [4.78, 5) is 34.9. The molecule has 1 fully saturated rings. The minimum atomic E-state index is -0.234. The summed E-state index contributed by atoms with van der Waals surface area (Å²) in [6.07, 6.45) is 2.79. The second-order valence-electron chi connectivity index (χ2n) is 8.14.